The number of carboxylic acid groups (broad SMARTS) is 1. The maximum absolute atomic E-state index is 11.1. The van der Waals surface area contributed by atoms with Crippen molar-refractivity contribution in [2.24, 2.45) is 0 Å². The lowest BCUT2D eigenvalue weighted by molar-refractivity contribution is 0.0696. The summed E-state index contributed by atoms with van der Waals surface area (Å²) in [4.78, 5) is 14.9. The molecule has 0 amide bonds. The molecule has 3 nitrogen and oxygen atoms in total. The van der Waals surface area contributed by atoms with Crippen molar-refractivity contribution in [2.45, 2.75) is 19.4 Å². The smallest absolute Gasteiger partial charge is 0.336 e. The average Bonchev–Trinajstić information content (AvgIpc) is 2.87. The van der Waals surface area contributed by atoms with E-state index < -0.39 is 5.97 Å². The van der Waals surface area contributed by atoms with E-state index in [1.54, 1.807) is 6.07 Å². The number of fused-ring (bicyclic) bond motifs is 1. The number of carbonyl (C=O) groups is 1. The second kappa shape index (κ2) is 5.22. The summed E-state index contributed by atoms with van der Waals surface area (Å²) in [6, 6.07) is 7.97. The number of halogens is 1. The van der Waals surface area contributed by atoms with Crippen LogP contribution in [0.1, 0.15) is 33.8 Å². The van der Waals surface area contributed by atoms with E-state index in [1.807, 2.05) is 23.5 Å². The van der Waals surface area contributed by atoms with Crippen molar-refractivity contribution < 1.29 is 9.90 Å². The van der Waals surface area contributed by atoms with Crippen molar-refractivity contribution in [3.05, 3.63) is 50.1 Å². The minimum atomic E-state index is -0.907. The van der Waals surface area contributed by atoms with Crippen LogP contribution in [0.15, 0.2) is 34.1 Å². The average molecular weight is 352 g/mol. The zero-order chi connectivity index (χ0) is 14.3. The topological polar surface area (TPSA) is 40.5 Å². The second-order valence-electron chi connectivity index (χ2n) is 4.89. The minimum absolute atomic E-state index is 0.301. The number of hydrogen-bond acceptors (Lipinski definition) is 3. The standard InChI is InChI=1S/C15H14BrNO2S/c1-9-11-5-7-20-14(11)4-6-17(9)10-2-3-12(15(18)19)13(16)8-10/h2-3,5,7-9H,4,6H2,1H3,(H,18,19). The van der Waals surface area contributed by atoms with Crippen molar-refractivity contribution in [1.82, 2.24) is 0 Å². The molecule has 0 saturated heterocycles. The Bertz CT molecular complexity index is 668. The maximum Gasteiger partial charge on any atom is 0.336 e. The molecule has 5 heteroatoms. The summed E-state index contributed by atoms with van der Waals surface area (Å²) < 4.78 is 0.630. The Hall–Kier alpha value is -1.33. The highest BCUT2D eigenvalue weighted by Crippen LogP contribution is 2.37. The fourth-order valence-electron chi connectivity index (χ4n) is 2.72. The largest absolute Gasteiger partial charge is 0.478 e. The summed E-state index contributed by atoms with van der Waals surface area (Å²) in [5.74, 6) is -0.907. The number of carboxylic acids is 1. The summed E-state index contributed by atoms with van der Waals surface area (Å²) in [6.45, 7) is 3.16. The normalized spacial score (nSPS) is 17.9. The first kappa shape index (κ1) is 13.6. The molecule has 0 aliphatic carbocycles. The van der Waals surface area contributed by atoms with Crippen LogP contribution in [-0.4, -0.2) is 17.6 Å². The first-order chi connectivity index (χ1) is 9.58. The molecule has 1 aromatic carbocycles. The summed E-state index contributed by atoms with van der Waals surface area (Å²) >= 11 is 5.18. The van der Waals surface area contributed by atoms with Crippen molar-refractivity contribution >= 4 is 38.9 Å². The van der Waals surface area contributed by atoms with Crippen LogP contribution in [-0.2, 0) is 6.42 Å². The maximum atomic E-state index is 11.1. The summed E-state index contributed by atoms with van der Waals surface area (Å²) in [5.41, 5.74) is 2.75. The molecule has 1 atom stereocenters. The van der Waals surface area contributed by atoms with E-state index in [1.165, 1.54) is 10.4 Å². The van der Waals surface area contributed by atoms with Gasteiger partial charge in [-0.1, -0.05) is 0 Å². The first-order valence-electron chi connectivity index (χ1n) is 6.43. The van der Waals surface area contributed by atoms with Crippen LogP contribution in [0.25, 0.3) is 0 Å². The van der Waals surface area contributed by atoms with E-state index in [0.29, 0.717) is 16.1 Å². The Morgan fingerprint density at radius 1 is 1.45 bits per heavy atom. The quantitative estimate of drug-likeness (QED) is 0.875. The number of benzene rings is 1. The molecule has 1 aliphatic rings. The van der Waals surface area contributed by atoms with Crippen molar-refractivity contribution in [3.63, 3.8) is 0 Å². The Morgan fingerprint density at radius 3 is 2.95 bits per heavy atom. The Morgan fingerprint density at radius 2 is 2.25 bits per heavy atom. The van der Waals surface area contributed by atoms with Crippen LogP contribution in [0.2, 0.25) is 0 Å². The van der Waals surface area contributed by atoms with Gasteiger partial charge in [0.15, 0.2) is 0 Å². The van der Waals surface area contributed by atoms with Crippen molar-refractivity contribution in [3.8, 4) is 0 Å². The molecular weight excluding hydrogens is 338 g/mol. The first-order valence-corrected chi connectivity index (χ1v) is 8.11. The Labute approximate surface area is 130 Å². The molecule has 104 valence electrons. The van der Waals surface area contributed by atoms with Gasteiger partial charge in [0.05, 0.1) is 11.6 Å². The molecular formula is C15H14BrNO2S. The zero-order valence-corrected chi connectivity index (χ0v) is 13.4. The predicted octanol–water partition coefficient (Wildman–Crippen LogP) is 4.33. The number of hydrogen-bond donors (Lipinski definition) is 1. The van der Waals surface area contributed by atoms with Crippen LogP contribution in [0.4, 0.5) is 5.69 Å². The molecule has 0 spiro atoms. The number of nitrogens with zero attached hydrogens (tertiary/aromatic N) is 1. The molecule has 20 heavy (non-hydrogen) atoms. The van der Waals surface area contributed by atoms with Crippen LogP contribution < -0.4 is 4.90 Å². The molecule has 2 aromatic rings. The molecule has 0 fully saturated rings. The summed E-state index contributed by atoms with van der Waals surface area (Å²) in [5, 5.41) is 11.2. The molecule has 1 unspecified atom stereocenters. The highest BCUT2D eigenvalue weighted by molar-refractivity contribution is 9.10. The fraction of sp³-hybridized carbons (Fsp3) is 0.267. The molecule has 0 radical (unpaired) electrons. The van der Waals surface area contributed by atoms with Gasteiger partial charge in [-0.25, -0.2) is 4.79 Å². The third-order valence-corrected chi connectivity index (χ3v) is 5.44. The minimum Gasteiger partial charge on any atom is -0.478 e. The van der Waals surface area contributed by atoms with E-state index in [2.05, 4.69) is 39.2 Å². The van der Waals surface area contributed by atoms with Gasteiger partial charge in [-0.2, -0.15) is 0 Å². The summed E-state index contributed by atoms with van der Waals surface area (Å²) in [6.07, 6.45) is 1.05. The van der Waals surface area contributed by atoms with Gasteiger partial charge in [0.1, 0.15) is 0 Å². The Kier molecular flexibility index (Phi) is 3.56. The monoisotopic (exact) mass is 351 g/mol. The van der Waals surface area contributed by atoms with Gasteiger partial charge in [0.25, 0.3) is 0 Å². The van der Waals surface area contributed by atoms with Crippen LogP contribution in [0.5, 0.6) is 0 Å². The van der Waals surface area contributed by atoms with Crippen LogP contribution in [0.3, 0.4) is 0 Å². The Balaban J connectivity index is 1.95. The lowest BCUT2D eigenvalue weighted by Gasteiger charge is -2.35. The van der Waals surface area contributed by atoms with Crippen molar-refractivity contribution in [1.29, 1.82) is 0 Å². The highest BCUT2D eigenvalue weighted by atomic mass is 79.9. The van der Waals surface area contributed by atoms with Gasteiger partial charge in [0, 0.05) is 21.6 Å². The molecule has 1 aromatic heterocycles. The SMILES string of the molecule is CC1c2ccsc2CCN1c1ccc(C(=O)O)c(Br)c1. The zero-order valence-electron chi connectivity index (χ0n) is 11.0. The third kappa shape index (κ3) is 2.25. The van der Waals surface area contributed by atoms with E-state index in [-0.39, 0.29) is 0 Å². The third-order valence-electron chi connectivity index (χ3n) is 3.79. The molecule has 0 saturated carbocycles. The molecule has 2 heterocycles. The van der Waals surface area contributed by atoms with E-state index >= 15 is 0 Å². The van der Waals surface area contributed by atoms with Gasteiger partial charge in [-0.15, -0.1) is 11.3 Å². The second-order valence-corrected chi connectivity index (χ2v) is 6.74. The highest BCUT2D eigenvalue weighted by Gasteiger charge is 2.25. The van der Waals surface area contributed by atoms with Gasteiger partial charge in [-0.05, 0) is 64.5 Å². The molecule has 3 rings (SSSR count). The molecule has 1 N–H and O–H groups in total. The van der Waals surface area contributed by atoms with Crippen LogP contribution >= 0.6 is 27.3 Å². The van der Waals surface area contributed by atoms with Gasteiger partial charge in [0.2, 0.25) is 0 Å². The lowest BCUT2D eigenvalue weighted by atomic mass is 10.0. The molecule has 1 aliphatic heterocycles. The number of aromatic carboxylic acids is 1. The van der Waals surface area contributed by atoms with Gasteiger partial charge >= 0.3 is 5.97 Å². The number of rotatable bonds is 2. The lowest BCUT2D eigenvalue weighted by Crippen LogP contribution is -2.33. The predicted molar refractivity (Wildman–Crippen MR) is 84.9 cm³/mol. The fourth-order valence-corrected chi connectivity index (χ4v) is 4.22. The number of thiophene rings is 1. The van der Waals surface area contributed by atoms with Crippen LogP contribution in [0, 0.1) is 0 Å². The summed E-state index contributed by atoms with van der Waals surface area (Å²) in [7, 11) is 0. The van der Waals surface area contributed by atoms with Gasteiger partial charge in [-0.3, -0.25) is 0 Å². The van der Waals surface area contributed by atoms with Crippen molar-refractivity contribution in [2.75, 3.05) is 11.4 Å². The van der Waals surface area contributed by atoms with E-state index in [9.17, 15) is 4.79 Å². The van der Waals surface area contributed by atoms with E-state index in [4.69, 9.17) is 5.11 Å². The van der Waals surface area contributed by atoms with Gasteiger partial charge < -0.3 is 10.0 Å². The number of anilines is 1. The van der Waals surface area contributed by atoms with E-state index in [0.717, 1.165) is 18.7 Å². The molecule has 0 bridgehead atoms.